The molecule has 3 heteroatoms. The van der Waals surface area contributed by atoms with Crippen molar-refractivity contribution < 1.29 is 4.74 Å². The first-order chi connectivity index (χ1) is 9.21. The molecule has 1 saturated carbocycles. The summed E-state index contributed by atoms with van der Waals surface area (Å²) in [5, 5.41) is 3.71. The minimum absolute atomic E-state index is 0.334. The number of methoxy groups -OCH3 is 1. The van der Waals surface area contributed by atoms with Gasteiger partial charge >= 0.3 is 0 Å². The molecular weight excluding hydrogens is 254 g/mol. The van der Waals surface area contributed by atoms with E-state index in [9.17, 15) is 0 Å². The Hall–Kier alpha value is -0.670. The first-order valence-corrected chi connectivity index (χ1v) is 8.35. The van der Waals surface area contributed by atoms with Crippen molar-refractivity contribution in [2.75, 3.05) is 19.9 Å². The molecule has 0 radical (unpaired) electrons. The summed E-state index contributed by atoms with van der Waals surface area (Å²) in [4.78, 5) is 0. The van der Waals surface area contributed by atoms with Gasteiger partial charge in [0.2, 0.25) is 0 Å². The summed E-state index contributed by atoms with van der Waals surface area (Å²) in [5.41, 5.74) is 1.25. The molecule has 1 atom stereocenters. The van der Waals surface area contributed by atoms with Gasteiger partial charge < -0.3 is 10.1 Å². The smallest absolute Gasteiger partial charge is 0.123 e. The summed E-state index contributed by atoms with van der Waals surface area (Å²) in [6.07, 6.45) is 7.71. The van der Waals surface area contributed by atoms with Gasteiger partial charge in [0.1, 0.15) is 5.75 Å². The average molecular weight is 279 g/mol. The second-order valence-corrected chi connectivity index (χ2v) is 6.71. The number of para-hydroxylation sites is 1. The standard InChI is InChI=1S/C16H25NOS/c1-13(14-8-4-5-9-15(14)18-2)17-12-16(19-3)10-6-7-11-16/h4-5,8-9,13,17H,6-7,10-12H2,1-3H3. The van der Waals surface area contributed by atoms with Crippen molar-refractivity contribution in [2.45, 2.75) is 43.4 Å². The molecule has 1 aliphatic carbocycles. The molecule has 1 N–H and O–H groups in total. The van der Waals surface area contributed by atoms with Crippen LogP contribution in [0.1, 0.15) is 44.2 Å². The van der Waals surface area contributed by atoms with E-state index in [1.165, 1.54) is 31.2 Å². The number of rotatable bonds is 6. The van der Waals surface area contributed by atoms with Crippen LogP contribution in [-0.4, -0.2) is 24.7 Å². The third-order valence-electron chi connectivity index (χ3n) is 4.28. The van der Waals surface area contributed by atoms with Crippen LogP contribution in [-0.2, 0) is 0 Å². The predicted octanol–water partition coefficient (Wildman–Crippen LogP) is 4.02. The minimum Gasteiger partial charge on any atom is -0.496 e. The molecule has 2 rings (SSSR count). The molecule has 0 aromatic heterocycles. The van der Waals surface area contributed by atoms with E-state index in [0.717, 1.165) is 12.3 Å². The van der Waals surface area contributed by atoms with Crippen LogP contribution in [0.5, 0.6) is 5.75 Å². The Balaban J connectivity index is 1.99. The molecule has 2 nitrogen and oxygen atoms in total. The first-order valence-electron chi connectivity index (χ1n) is 7.12. The lowest BCUT2D eigenvalue weighted by molar-refractivity contribution is 0.398. The van der Waals surface area contributed by atoms with Crippen molar-refractivity contribution in [3.63, 3.8) is 0 Å². The quantitative estimate of drug-likeness (QED) is 0.849. The second kappa shape index (κ2) is 6.67. The summed E-state index contributed by atoms with van der Waals surface area (Å²) in [6, 6.07) is 8.62. The summed E-state index contributed by atoms with van der Waals surface area (Å²) in [7, 11) is 1.74. The van der Waals surface area contributed by atoms with Crippen LogP contribution in [0.15, 0.2) is 24.3 Å². The first kappa shape index (κ1) is 14.7. The van der Waals surface area contributed by atoms with Gasteiger partial charge in [-0.05, 0) is 32.1 Å². The fourth-order valence-electron chi connectivity index (χ4n) is 2.95. The Kier molecular flexibility index (Phi) is 5.17. The second-order valence-electron chi connectivity index (χ2n) is 5.44. The van der Waals surface area contributed by atoms with E-state index in [0.29, 0.717) is 10.8 Å². The van der Waals surface area contributed by atoms with E-state index in [2.05, 4.69) is 30.6 Å². The zero-order chi connectivity index (χ0) is 13.7. The largest absolute Gasteiger partial charge is 0.496 e. The molecule has 0 spiro atoms. The maximum atomic E-state index is 5.44. The molecule has 0 bridgehead atoms. The van der Waals surface area contributed by atoms with Gasteiger partial charge in [-0.3, -0.25) is 0 Å². The molecule has 1 unspecified atom stereocenters. The van der Waals surface area contributed by atoms with Gasteiger partial charge in [-0.15, -0.1) is 0 Å². The van der Waals surface area contributed by atoms with Crippen molar-refractivity contribution in [1.82, 2.24) is 5.32 Å². The highest BCUT2D eigenvalue weighted by Crippen LogP contribution is 2.40. The van der Waals surface area contributed by atoms with E-state index in [4.69, 9.17) is 4.74 Å². The summed E-state index contributed by atoms with van der Waals surface area (Å²) < 4.78 is 5.90. The zero-order valence-electron chi connectivity index (χ0n) is 12.2. The molecule has 0 saturated heterocycles. The maximum Gasteiger partial charge on any atom is 0.123 e. The number of ether oxygens (including phenoxy) is 1. The minimum atomic E-state index is 0.334. The topological polar surface area (TPSA) is 21.3 Å². The molecule has 1 aliphatic rings. The van der Waals surface area contributed by atoms with Gasteiger partial charge in [0.05, 0.1) is 7.11 Å². The Morgan fingerprint density at radius 2 is 2.00 bits per heavy atom. The maximum absolute atomic E-state index is 5.44. The highest BCUT2D eigenvalue weighted by Gasteiger charge is 2.33. The number of nitrogens with one attached hydrogen (secondary N) is 1. The van der Waals surface area contributed by atoms with Crippen LogP contribution in [0.3, 0.4) is 0 Å². The van der Waals surface area contributed by atoms with E-state index in [1.54, 1.807) is 7.11 Å². The van der Waals surface area contributed by atoms with Crippen LogP contribution in [0.25, 0.3) is 0 Å². The number of benzene rings is 1. The predicted molar refractivity (Wildman–Crippen MR) is 84.1 cm³/mol. The Labute approximate surface area is 121 Å². The summed E-state index contributed by atoms with van der Waals surface area (Å²) in [6.45, 7) is 3.31. The molecule has 1 aromatic carbocycles. The Bertz CT molecular complexity index is 401. The van der Waals surface area contributed by atoms with Gasteiger partial charge in [0.15, 0.2) is 0 Å². The summed E-state index contributed by atoms with van der Waals surface area (Å²) >= 11 is 2.03. The van der Waals surface area contributed by atoms with Crippen LogP contribution in [0.4, 0.5) is 0 Å². The van der Waals surface area contributed by atoms with E-state index in [1.807, 2.05) is 23.9 Å². The van der Waals surface area contributed by atoms with E-state index >= 15 is 0 Å². The average Bonchev–Trinajstić information content (AvgIpc) is 2.94. The van der Waals surface area contributed by atoms with Gasteiger partial charge in [0.25, 0.3) is 0 Å². The Morgan fingerprint density at radius 3 is 2.63 bits per heavy atom. The number of thioether (sulfide) groups is 1. The molecule has 1 fully saturated rings. The normalized spacial score (nSPS) is 19.3. The van der Waals surface area contributed by atoms with Crippen molar-refractivity contribution in [2.24, 2.45) is 0 Å². The van der Waals surface area contributed by atoms with Gasteiger partial charge in [0, 0.05) is 22.9 Å². The van der Waals surface area contributed by atoms with Crippen molar-refractivity contribution in [3.05, 3.63) is 29.8 Å². The zero-order valence-corrected chi connectivity index (χ0v) is 13.1. The third kappa shape index (κ3) is 3.46. The SMILES string of the molecule is COc1ccccc1C(C)NCC1(SC)CCCC1. The fourth-order valence-corrected chi connectivity index (χ4v) is 3.87. The molecule has 0 amide bonds. The summed E-state index contributed by atoms with van der Waals surface area (Å²) in [5.74, 6) is 0.979. The third-order valence-corrected chi connectivity index (χ3v) is 5.70. The van der Waals surface area contributed by atoms with Gasteiger partial charge in [-0.1, -0.05) is 31.0 Å². The van der Waals surface area contributed by atoms with E-state index < -0.39 is 0 Å². The molecule has 0 aliphatic heterocycles. The van der Waals surface area contributed by atoms with Gasteiger partial charge in [-0.25, -0.2) is 0 Å². The molecular formula is C16H25NOS. The van der Waals surface area contributed by atoms with Crippen molar-refractivity contribution >= 4 is 11.8 Å². The van der Waals surface area contributed by atoms with Crippen molar-refractivity contribution in [3.8, 4) is 5.75 Å². The lowest BCUT2D eigenvalue weighted by atomic mass is 10.0. The van der Waals surface area contributed by atoms with E-state index in [-0.39, 0.29) is 0 Å². The lowest BCUT2D eigenvalue weighted by Gasteiger charge is -2.29. The fraction of sp³-hybridized carbons (Fsp3) is 0.625. The molecule has 1 aromatic rings. The van der Waals surface area contributed by atoms with Crippen LogP contribution in [0, 0.1) is 0 Å². The van der Waals surface area contributed by atoms with Crippen LogP contribution < -0.4 is 10.1 Å². The highest BCUT2D eigenvalue weighted by atomic mass is 32.2. The van der Waals surface area contributed by atoms with Crippen LogP contribution >= 0.6 is 11.8 Å². The number of hydrogen-bond donors (Lipinski definition) is 1. The number of hydrogen-bond acceptors (Lipinski definition) is 3. The van der Waals surface area contributed by atoms with Crippen LogP contribution in [0.2, 0.25) is 0 Å². The molecule has 106 valence electrons. The highest BCUT2D eigenvalue weighted by molar-refractivity contribution is 8.00. The molecule has 19 heavy (non-hydrogen) atoms. The van der Waals surface area contributed by atoms with Crippen molar-refractivity contribution in [1.29, 1.82) is 0 Å². The molecule has 0 heterocycles. The van der Waals surface area contributed by atoms with Gasteiger partial charge in [-0.2, -0.15) is 11.8 Å². The lowest BCUT2D eigenvalue weighted by Crippen LogP contribution is -2.36. The Morgan fingerprint density at radius 1 is 1.32 bits per heavy atom. The monoisotopic (exact) mass is 279 g/mol.